The smallest absolute Gasteiger partial charge is 0.338 e. The standard InChI is InChI=1S/C28H25NO8/c1-4-35-28(32)17-9-12-19(13-10-17)29-24(30)16-36-27-25(31)20-7-5-6-8-21(20)37-26(27)18-11-14-22(33-2)23(15-18)34-3/h5-15H,4,16H2,1-3H3,(H,29,30). The molecule has 0 aliphatic carbocycles. The molecule has 37 heavy (non-hydrogen) atoms. The molecule has 190 valence electrons. The Labute approximate surface area is 212 Å². The molecular weight excluding hydrogens is 478 g/mol. The van der Waals surface area contributed by atoms with Gasteiger partial charge in [0.25, 0.3) is 5.91 Å². The lowest BCUT2D eigenvalue weighted by molar-refractivity contribution is -0.118. The van der Waals surface area contributed by atoms with Gasteiger partial charge in [-0.2, -0.15) is 0 Å². The molecule has 3 aromatic carbocycles. The third-order valence-corrected chi connectivity index (χ3v) is 5.43. The molecule has 0 bridgehead atoms. The second kappa shape index (κ2) is 11.3. The van der Waals surface area contributed by atoms with Gasteiger partial charge in [0.15, 0.2) is 23.9 Å². The van der Waals surface area contributed by atoms with Crippen LogP contribution in [0.25, 0.3) is 22.3 Å². The molecule has 4 rings (SSSR count). The molecule has 0 fully saturated rings. The Morgan fingerprint density at radius 2 is 1.65 bits per heavy atom. The highest BCUT2D eigenvalue weighted by Gasteiger charge is 2.20. The second-order valence-corrected chi connectivity index (χ2v) is 7.79. The van der Waals surface area contributed by atoms with E-state index in [4.69, 9.17) is 23.4 Å². The van der Waals surface area contributed by atoms with E-state index in [1.54, 1.807) is 73.7 Å². The van der Waals surface area contributed by atoms with Crippen molar-refractivity contribution in [2.24, 2.45) is 0 Å². The number of carbonyl (C=O) groups is 2. The number of rotatable bonds is 9. The molecule has 0 spiro atoms. The summed E-state index contributed by atoms with van der Waals surface area (Å²) in [5.74, 6) is 0.0232. The molecule has 0 radical (unpaired) electrons. The van der Waals surface area contributed by atoms with Crippen molar-refractivity contribution in [2.45, 2.75) is 6.92 Å². The summed E-state index contributed by atoms with van der Waals surface area (Å²) in [6.07, 6.45) is 0. The van der Waals surface area contributed by atoms with Crippen molar-refractivity contribution in [1.82, 2.24) is 0 Å². The average Bonchev–Trinajstić information content (AvgIpc) is 2.92. The van der Waals surface area contributed by atoms with Gasteiger partial charge >= 0.3 is 5.97 Å². The van der Waals surface area contributed by atoms with E-state index in [0.29, 0.717) is 39.3 Å². The first-order valence-electron chi connectivity index (χ1n) is 11.4. The monoisotopic (exact) mass is 503 g/mol. The Morgan fingerprint density at radius 3 is 2.35 bits per heavy atom. The number of fused-ring (bicyclic) bond motifs is 1. The average molecular weight is 504 g/mol. The molecule has 0 aliphatic heterocycles. The first-order chi connectivity index (χ1) is 17.9. The topological polar surface area (TPSA) is 113 Å². The first-order valence-corrected chi connectivity index (χ1v) is 11.4. The largest absolute Gasteiger partial charge is 0.493 e. The summed E-state index contributed by atoms with van der Waals surface area (Å²) in [4.78, 5) is 37.7. The molecule has 1 amide bonds. The highest BCUT2D eigenvalue weighted by atomic mass is 16.5. The third kappa shape index (κ3) is 5.56. The fourth-order valence-corrected chi connectivity index (χ4v) is 3.66. The lowest BCUT2D eigenvalue weighted by atomic mass is 10.1. The Kier molecular flexibility index (Phi) is 7.73. The van der Waals surface area contributed by atoms with E-state index in [0.717, 1.165) is 0 Å². The highest BCUT2D eigenvalue weighted by molar-refractivity contribution is 5.94. The zero-order valence-electron chi connectivity index (χ0n) is 20.5. The van der Waals surface area contributed by atoms with Gasteiger partial charge in [0, 0.05) is 11.3 Å². The van der Waals surface area contributed by atoms with Crippen LogP contribution >= 0.6 is 0 Å². The van der Waals surface area contributed by atoms with E-state index >= 15 is 0 Å². The fraction of sp³-hybridized carbons (Fsp3) is 0.179. The van der Waals surface area contributed by atoms with Crippen LogP contribution in [0.2, 0.25) is 0 Å². The van der Waals surface area contributed by atoms with Gasteiger partial charge in [0.2, 0.25) is 11.2 Å². The second-order valence-electron chi connectivity index (χ2n) is 7.79. The minimum absolute atomic E-state index is 0.112. The molecule has 1 N–H and O–H groups in total. The van der Waals surface area contributed by atoms with Crippen molar-refractivity contribution in [3.05, 3.63) is 82.5 Å². The number of amides is 1. The maximum absolute atomic E-state index is 13.3. The minimum atomic E-state index is -0.505. The summed E-state index contributed by atoms with van der Waals surface area (Å²) >= 11 is 0. The van der Waals surface area contributed by atoms with Crippen LogP contribution < -0.4 is 25.0 Å². The van der Waals surface area contributed by atoms with Crippen molar-refractivity contribution < 1.29 is 33.0 Å². The number of carbonyl (C=O) groups excluding carboxylic acids is 2. The van der Waals surface area contributed by atoms with E-state index in [1.165, 1.54) is 14.2 Å². The number of methoxy groups -OCH3 is 2. The van der Waals surface area contributed by atoms with E-state index < -0.39 is 23.9 Å². The summed E-state index contributed by atoms with van der Waals surface area (Å²) in [5, 5.41) is 2.99. The van der Waals surface area contributed by atoms with Crippen LogP contribution in [0.5, 0.6) is 17.2 Å². The van der Waals surface area contributed by atoms with Gasteiger partial charge in [-0.05, 0) is 61.5 Å². The van der Waals surface area contributed by atoms with Crippen LogP contribution in [0.3, 0.4) is 0 Å². The van der Waals surface area contributed by atoms with Gasteiger partial charge in [-0.1, -0.05) is 12.1 Å². The number of hydrogen-bond acceptors (Lipinski definition) is 8. The van der Waals surface area contributed by atoms with E-state index in [1.807, 2.05) is 0 Å². The molecule has 4 aromatic rings. The molecule has 0 unspecified atom stereocenters. The van der Waals surface area contributed by atoms with E-state index in [2.05, 4.69) is 5.32 Å². The molecular formula is C28H25NO8. The molecule has 9 nitrogen and oxygen atoms in total. The maximum Gasteiger partial charge on any atom is 0.338 e. The van der Waals surface area contributed by atoms with Crippen LogP contribution in [0.15, 0.2) is 75.9 Å². The van der Waals surface area contributed by atoms with Crippen molar-refractivity contribution in [3.8, 4) is 28.6 Å². The van der Waals surface area contributed by atoms with Crippen molar-refractivity contribution in [2.75, 3.05) is 32.8 Å². The molecule has 0 saturated heterocycles. The number of benzene rings is 3. The highest BCUT2D eigenvalue weighted by Crippen LogP contribution is 2.36. The lowest BCUT2D eigenvalue weighted by Crippen LogP contribution is -2.22. The minimum Gasteiger partial charge on any atom is -0.493 e. The third-order valence-electron chi connectivity index (χ3n) is 5.43. The number of nitrogens with one attached hydrogen (secondary N) is 1. The molecule has 0 aliphatic rings. The van der Waals surface area contributed by atoms with Crippen LogP contribution in [0.1, 0.15) is 17.3 Å². The number of ether oxygens (including phenoxy) is 4. The maximum atomic E-state index is 13.3. The summed E-state index contributed by atoms with van der Waals surface area (Å²) in [5.41, 5.74) is 1.27. The van der Waals surface area contributed by atoms with Gasteiger partial charge in [-0.15, -0.1) is 0 Å². The molecule has 1 aromatic heterocycles. The summed E-state index contributed by atoms with van der Waals surface area (Å²) in [6.45, 7) is 1.53. The van der Waals surface area contributed by atoms with Gasteiger partial charge < -0.3 is 28.7 Å². The van der Waals surface area contributed by atoms with Crippen molar-refractivity contribution >= 4 is 28.5 Å². The van der Waals surface area contributed by atoms with Crippen LogP contribution in [0.4, 0.5) is 5.69 Å². The Bertz CT molecular complexity index is 1490. The number of esters is 1. The normalized spacial score (nSPS) is 10.6. The van der Waals surface area contributed by atoms with Crippen LogP contribution in [-0.4, -0.2) is 39.3 Å². The lowest BCUT2D eigenvalue weighted by Gasteiger charge is -2.14. The van der Waals surface area contributed by atoms with Crippen LogP contribution in [-0.2, 0) is 9.53 Å². The molecule has 1 heterocycles. The first kappa shape index (κ1) is 25.3. The van der Waals surface area contributed by atoms with E-state index in [-0.39, 0.29) is 18.1 Å². The zero-order chi connectivity index (χ0) is 26.4. The number of hydrogen-bond donors (Lipinski definition) is 1. The number of anilines is 1. The Hall–Kier alpha value is -4.79. The van der Waals surface area contributed by atoms with Gasteiger partial charge in [-0.3, -0.25) is 9.59 Å². The molecule has 9 heteroatoms. The molecule has 0 atom stereocenters. The summed E-state index contributed by atoms with van der Waals surface area (Å²) in [6, 6.07) is 18.0. The Balaban J connectivity index is 1.60. The van der Waals surface area contributed by atoms with E-state index in [9.17, 15) is 14.4 Å². The molecule has 0 saturated carbocycles. The van der Waals surface area contributed by atoms with Gasteiger partial charge in [0.05, 0.1) is 31.8 Å². The van der Waals surface area contributed by atoms with Crippen LogP contribution in [0, 0.1) is 0 Å². The van der Waals surface area contributed by atoms with Gasteiger partial charge in [0.1, 0.15) is 5.58 Å². The quantitative estimate of drug-likeness (QED) is 0.328. The van der Waals surface area contributed by atoms with Crippen molar-refractivity contribution in [3.63, 3.8) is 0 Å². The number of para-hydroxylation sites is 1. The zero-order valence-corrected chi connectivity index (χ0v) is 20.5. The summed E-state index contributed by atoms with van der Waals surface area (Å²) < 4.78 is 27.4. The van der Waals surface area contributed by atoms with Gasteiger partial charge in [-0.25, -0.2) is 4.79 Å². The fourth-order valence-electron chi connectivity index (χ4n) is 3.66. The Morgan fingerprint density at radius 1 is 0.919 bits per heavy atom. The predicted molar refractivity (Wildman–Crippen MR) is 138 cm³/mol. The van der Waals surface area contributed by atoms with Crippen molar-refractivity contribution in [1.29, 1.82) is 0 Å². The SMILES string of the molecule is CCOC(=O)c1ccc(NC(=O)COc2c(-c3ccc(OC)c(OC)c3)oc3ccccc3c2=O)cc1. The summed E-state index contributed by atoms with van der Waals surface area (Å²) in [7, 11) is 3.02. The predicted octanol–water partition coefficient (Wildman–Crippen LogP) is 4.67.